The predicted octanol–water partition coefficient (Wildman–Crippen LogP) is 2.48. The molecule has 84 valence electrons. The highest BCUT2D eigenvalue weighted by atomic mass is 32.1. The molecule has 2 heterocycles. The molecule has 1 unspecified atom stereocenters. The summed E-state index contributed by atoms with van der Waals surface area (Å²) in [4.78, 5) is 25.2. The number of thiophene rings is 1. The van der Waals surface area contributed by atoms with Gasteiger partial charge in [0.1, 0.15) is 5.92 Å². The number of carbonyl (C=O) groups is 2. The lowest BCUT2D eigenvalue weighted by molar-refractivity contribution is -0.151. The van der Waals surface area contributed by atoms with Crippen LogP contribution in [0.5, 0.6) is 0 Å². The van der Waals surface area contributed by atoms with Crippen LogP contribution in [0.25, 0.3) is 0 Å². The normalized spacial score (nSPS) is 22.9. The second-order valence-corrected chi connectivity index (χ2v) is 5.21. The van der Waals surface area contributed by atoms with Gasteiger partial charge in [-0.3, -0.25) is 4.79 Å². The Morgan fingerprint density at radius 2 is 2.06 bits per heavy atom. The molecule has 1 aliphatic heterocycles. The molecule has 4 heteroatoms. The SMILES string of the molecule is CC=C1C(=O)OC(=O)C1c1cc(C)sc1C. The first-order valence-electron chi connectivity index (χ1n) is 5.03. The first-order chi connectivity index (χ1) is 7.54. The van der Waals surface area contributed by atoms with Gasteiger partial charge in [-0.2, -0.15) is 0 Å². The Hall–Kier alpha value is -1.42. The molecule has 0 saturated carbocycles. The lowest BCUT2D eigenvalue weighted by Crippen LogP contribution is -2.07. The van der Waals surface area contributed by atoms with E-state index in [1.807, 2.05) is 19.9 Å². The Morgan fingerprint density at radius 1 is 1.38 bits per heavy atom. The van der Waals surface area contributed by atoms with Gasteiger partial charge in [-0.25, -0.2) is 4.79 Å². The van der Waals surface area contributed by atoms with Gasteiger partial charge in [-0.15, -0.1) is 11.3 Å². The number of carbonyl (C=O) groups excluding carboxylic acids is 2. The third kappa shape index (κ3) is 1.59. The third-order valence-corrected chi connectivity index (χ3v) is 3.66. The zero-order chi connectivity index (χ0) is 11.9. The topological polar surface area (TPSA) is 43.4 Å². The molecule has 1 fully saturated rings. The minimum atomic E-state index is -0.526. The number of ether oxygens (including phenoxy) is 1. The average molecular weight is 236 g/mol. The van der Waals surface area contributed by atoms with Crippen LogP contribution in [0.15, 0.2) is 17.7 Å². The predicted molar refractivity (Wildman–Crippen MR) is 61.4 cm³/mol. The third-order valence-electron chi connectivity index (χ3n) is 2.68. The lowest BCUT2D eigenvalue weighted by atomic mass is 9.93. The summed E-state index contributed by atoms with van der Waals surface area (Å²) < 4.78 is 4.65. The molecule has 1 aromatic rings. The van der Waals surface area contributed by atoms with E-state index in [-0.39, 0.29) is 0 Å². The van der Waals surface area contributed by atoms with E-state index in [1.165, 1.54) is 0 Å². The number of cyclic esters (lactones) is 2. The molecule has 0 aliphatic carbocycles. The van der Waals surface area contributed by atoms with E-state index in [1.54, 1.807) is 24.3 Å². The number of esters is 2. The van der Waals surface area contributed by atoms with Crippen molar-refractivity contribution < 1.29 is 14.3 Å². The van der Waals surface area contributed by atoms with Crippen molar-refractivity contribution in [3.8, 4) is 0 Å². The quantitative estimate of drug-likeness (QED) is 0.427. The minimum absolute atomic E-state index is 0.450. The fourth-order valence-corrected chi connectivity index (χ4v) is 2.93. The van der Waals surface area contributed by atoms with Gasteiger partial charge in [0.15, 0.2) is 0 Å². The summed E-state index contributed by atoms with van der Waals surface area (Å²) in [5.74, 6) is -1.50. The fraction of sp³-hybridized carbons (Fsp3) is 0.333. The molecular weight excluding hydrogens is 224 g/mol. The molecule has 2 rings (SSSR count). The summed E-state index contributed by atoms with van der Waals surface area (Å²) >= 11 is 1.63. The van der Waals surface area contributed by atoms with Crippen molar-refractivity contribution in [2.24, 2.45) is 0 Å². The highest BCUT2D eigenvalue weighted by Gasteiger charge is 2.40. The Balaban J connectivity index is 2.51. The molecule has 1 atom stereocenters. The summed E-state index contributed by atoms with van der Waals surface area (Å²) in [6, 6.07) is 1.95. The van der Waals surface area contributed by atoms with E-state index < -0.39 is 17.9 Å². The molecular formula is C12H12O3S. The number of hydrogen-bond donors (Lipinski definition) is 0. The maximum absolute atomic E-state index is 11.6. The van der Waals surface area contributed by atoms with Crippen molar-refractivity contribution in [2.75, 3.05) is 0 Å². The van der Waals surface area contributed by atoms with Gasteiger partial charge in [-0.05, 0) is 32.4 Å². The van der Waals surface area contributed by atoms with Gasteiger partial charge in [-0.1, -0.05) is 6.08 Å². The Labute approximate surface area is 97.7 Å². The molecule has 1 aliphatic rings. The summed E-state index contributed by atoms with van der Waals surface area (Å²) in [5.41, 5.74) is 1.34. The van der Waals surface area contributed by atoms with Crippen LogP contribution in [-0.4, -0.2) is 11.9 Å². The van der Waals surface area contributed by atoms with E-state index in [9.17, 15) is 9.59 Å². The van der Waals surface area contributed by atoms with E-state index in [2.05, 4.69) is 4.74 Å². The zero-order valence-electron chi connectivity index (χ0n) is 9.37. The highest BCUT2D eigenvalue weighted by Crippen LogP contribution is 2.37. The van der Waals surface area contributed by atoms with Crippen LogP contribution < -0.4 is 0 Å². The summed E-state index contributed by atoms with van der Waals surface area (Å²) in [6.45, 7) is 5.69. The van der Waals surface area contributed by atoms with E-state index in [0.29, 0.717) is 5.57 Å². The first kappa shape index (κ1) is 11.1. The molecule has 0 spiro atoms. The second kappa shape index (κ2) is 3.87. The van der Waals surface area contributed by atoms with Crippen molar-refractivity contribution in [1.82, 2.24) is 0 Å². The maximum Gasteiger partial charge on any atom is 0.342 e. The molecule has 0 aromatic carbocycles. The monoisotopic (exact) mass is 236 g/mol. The van der Waals surface area contributed by atoms with Crippen LogP contribution in [-0.2, 0) is 14.3 Å². The molecule has 0 bridgehead atoms. The Kier molecular flexibility index (Phi) is 2.68. The second-order valence-electron chi connectivity index (χ2n) is 3.75. The average Bonchev–Trinajstić information content (AvgIpc) is 2.66. The van der Waals surface area contributed by atoms with Gasteiger partial charge >= 0.3 is 11.9 Å². The number of aryl methyl sites for hydroxylation is 2. The van der Waals surface area contributed by atoms with Gasteiger partial charge in [0.2, 0.25) is 0 Å². The molecule has 1 aromatic heterocycles. The van der Waals surface area contributed by atoms with Crippen molar-refractivity contribution in [2.45, 2.75) is 26.7 Å². The Bertz CT molecular complexity index is 496. The molecule has 1 saturated heterocycles. The first-order valence-corrected chi connectivity index (χ1v) is 5.85. The summed E-state index contributed by atoms with van der Waals surface area (Å²) in [5, 5.41) is 0. The fourth-order valence-electron chi connectivity index (χ4n) is 1.97. The number of allylic oxidation sites excluding steroid dienone is 1. The standard InChI is InChI=1S/C12H12O3S/c1-4-8-10(12(14)15-11(8)13)9-5-6(2)16-7(9)3/h4-5,10H,1-3H3. The van der Waals surface area contributed by atoms with Gasteiger partial charge in [0, 0.05) is 9.75 Å². The lowest BCUT2D eigenvalue weighted by Gasteiger charge is -2.04. The van der Waals surface area contributed by atoms with Gasteiger partial charge in [0.05, 0.1) is 5.57 Å². The van der Waals surface area contributed by atoms with E-state index in [4.69, 9.17) is 0 Å². The largest absolute Gasteiger partial charge is 0.389 e. The van der Waals surface area contributed by atoms with Crippen molar-refractivity contribution in [3.05, 3.63) is 33.0 Å². The summed E-state index contributed by atoms with van der Waals surface area (Å²) in [7, 11) is 0. The molecule has 3 nitrogen and oxygen atoms in total. The Morgan fingerprint density at radius 3 is 2.56 bits per heavy atom. The number of hydrogen-bond acceptors (Lipinski definition) is 4. The molecule has 0 N–H and O–H groups in total. The smallest absolute Gasteiger partial charge is 0.342 e. The van der Waals surface area contributed by atoms with Crippen LogP contribution in [0.2, 0.25) is 0 Å². The van der Waals surface area contributed by atoms with Crippen molar-refractivity contribution in [1.29, 1.82) is 0 Å². The van der Waals surface area contributed by atoms with E-state index in [0.717, 1.165) is 15.3 Å². The molecule has 16 heavy (non-hydrogen) atoms. The van der Waals surface area contributed by atoms with Crippen LogP contribution in [0.4, 0.5) is 0 Å². The number of rotatable bonds is 1. The van der Waals surface area contributed by atoms with Gasteiger partial charge in [0.25, 0.3) is 0 Å². The minimum Gasteiger partial charge on any atom is -0.389 e. The van der Waals surface area contributed by atoms with Crippen molar-refractivity contribution in [3.63, 3.8) is 0 Å². The highest BCUT2D eigenvalue weighted by molar-refractivity contribution is 7.12. The van der Waals surface area contributed by atoms with Crippen LogP contribution in [0.3, 0.4) is 0 Å². The van der Waals surface area contributed by atoms with Crippen molar-refractivity contribution >= 4 is 23.3 Å². The van der Waals surface area contributed by atoms with Crippen LogP contribution in [0, 0.1) is 13.8 Å². The zero-order valence-corrected chi connectivity index (χ0v) is 10.2. The van der Waals surface area contributed by atoms with Crippen LogP contribution in [0.1, 0.15) is 28.2 Å². The van der Waals surface area contributed by atoms with Gasteiger partial charge < -0.3 is 4.74 Å². The summed E-state index contributed by atoms with van der Waals surface area (Å²) in [6.07, 6.45) is 1.66. The van der Waals surface area contributed by atoms with Crippen LogP contribution >= 0.6 is 11.3 Å². The molecule has 0 radical (unpaired) electrons. The van der Waals surface area contributed by atoms with E-state index >= 15 is 0 Å². The maximum atomic E-state index is 11.6. The molecule has 0 amide bonds.